The highest BCUT2D eigenvalue weighted by atomic mass is 27.2. The van der Waals surface area contributed by atoms with Crippen molar-refractivity contribution in [2.24, 2.45) is 0 Å². The highest BCUT2D eigenvalue weighted by Crippen LogP contribution is 2.23. The fourth-order valence-electron chi connectivity index (χ4n) is 9.55. The maximum Gasteiger partial charge on any atom is 0.261 e. The summed E-state index contributed by atoms with van der Waals surface area (Å²) >= 11 is -0.603. The summed E-state index contributed by atoms with van der Waals surface area (Å²) in [7, 11) is 0. The largest absolute Gasteiger partial charge is 0.261 e. The van der Waals surface area contributed by atoms with Crippen LogP contribution in [0.3, 0.4) is 0 Å². The quantitative estimate of drug-likeness (QED) is 0.0315. The van der Waals surface area contributed by atoms with Gasteiger partial charge in [0.1, 0.15) is 0 Å². The average Bonchev–Trinajstić information content (AvgIpc) is 3.26. The molecule has 0 aliphatic rings. The molecular weight excluding hydrogens is 712 g/mol. The average molecular weight is 787 g/mol. The summed E-state index contributed by atoms with van der Waals surface area (Å²) in [6.45, 7) is 0. The van der Waals surface area contributed by atoms with E-state index in [1.165, 1.54) is 203 Å². The number of unbranched alkanes of at least 4 members (excludes halogenated alkanes) is 18. The lowest BCUT2D eigenvalue weighted by Crippen LogP contribution is -2.12. The second-order valence-electron chi connectivity index (χ2n) is 18.0. The van der Waals surface area contributed by atoms with Crippen molar-refractivity contribution in [1.82, 2.24) is 0 Å². The van der Waals surface area contributed by atoms with E-state index in [4.69, 9.17) is 0 Å². The predicted octanol–water partition coefficient (Wildman–Crippen LogP) is 17.9. The van der Waals surface area contributed by atoms with Crippen LogP contribution in [0.1, 0.15) is 152 Å². The van der Waals surface area contributed by atoms with Crippen LogP contribution < -0.4 is 0 Å². The van der Waals surface area contributed by atoms with Crippen LogP contribution in [0.25, 0.3) is 32.3 Å². The van der Waals surface area contributed by atoms with Crippen molar-refractivity contribution in [1.29, 1.82) is 0 Å². The van der Waals surface area contributed by atoms with Crippen LogP contribution in [0, 0.1) is 0 Å². The number of fused-ring (bicyclic) bond motifs is 3. The van der Waals surface area contributed by atoms with E-state index >= 15 is 0 Å². The standard InChI is InChI=1S/3C19H25.Al/c3*1-2-3-4-5-6-7-8-11-17-14-15-18-12-9-10-13-19(18)16-17;/h3*9-10,12-16H,1-8,11H2;. The van der Waals surface area contributed by atoms with E-state index in [2.05, 4.69) is 127 Å². The third-order valence-corrected chi connectivity index (χ3v) is 16.8. The predicted molar refractivity (Wildman–Crippen MR) is 260 cm³/mol. The fourth-order valence-corrected chi connectivity index (χ4v) is 13.0. The first kappa shape index (κ1) is 44.2. The molecule has 0 radical (unpaired) electrons. The maximum atomic E-state index is 2.40. The summed E-state index contributed by atoms with van der Waals surface area (Å²) < 4.78 is 0. The lowest BCUT2D eigenvalue weighted by molar-refractivity contribution is 0.580. The number of hydrogen-bond donors (Lipinski definition) is 0. The van der Waals surface area contributed by atoms with Crippen molar-refractivity contribution in [3.8, 4) is 0 Å². The Labute approximate surface area is 358 Å². The first-order valence-electron chi connectivity index (χ1n) is 24.2. The lowest BCUT2D eigenvalue weighted by atomic mass is 10.0. The summed E-state index contributed by atoms with van der Waals surface area (Å²) in [5, 5.41) is 13.1. The zero-order valence-corrected chi connectivity index (χ0v) is 37.4. The Bertz CT molecular complexity index is 1780. The van der Waals surface area contributed by atoms with Crippen molar-refractivity contribution in [2.75, 3.05) is 0 Å². The van der Waals surface area contributed by atoms with Crippen molar-refractivity contribution in [3.63, 3.8) is 0 Å². The molecule has 0 bridgehead atoms. The summed E-state index contributed by atoms with van der Waals surface area (Å²) in [5.74, 6) is 0. The molecule has 6 aromatic carbocycles. The van der Waals surface area contributed by atoms with Gasteiger partial charge >= 0.3 is 0 Å². The lowest BCUT2D eigenvalue weighted by Gasteiger charge is -2.12. The third-order valence-electron chi connectivity index (χ3n) is 13.2. The van der Waals surface area contributed by atoms with Crippen molar-refractivity contribution in [2.45, 2.75) is 170 Å². The molecule has 0 aliphatic heterocycles. The molecule has 6 rings (SSSR count). The first-order valence-corrected chi connectivity index (χ1v) is 26.7. The van der Waals surface area contributed by atoms with Crippen molar-refractivity contribution < 1.29 is 0 Å². The van der Waals surface area contributed by atoms with Crippen LogP contribution in [-0.2, 0) is 19.3 Å². The Kier molecular flexibility index (Phi) is 20.3. The summed E-state index contributed by atoms with van der Waals surface area (Å²) in [6.07, 6.45) is 33.8. The van der Waals surface area contributed by atoms with Crippen LogP contribution >= 0.6 is 0 Å². The van der Waals surface area contributed by atoms with Gasteiger partial charge in [-0.1, -0.05) is 259 Å². The second-order valence-corrected chi connectivity index (χ2v) is 21.4. The highest BCUT2D eigenvalue weighted by Gasteiger charge is 2.16. The Hall–Kier alpha value is -3.37. The molecule has 0 aromatic heterocycles. The van der Waals surface area contributed by atoms with Gasteiger partial charge in [-0.15, -0.1) is 0 Å². The Morgan fingerprint density at radius 1 is 0.224 bits per heavy atom. The SMILES string of the molecule is c1ccc2cc(CCCCCCCC[CH2][Al]([CH2]CCCCCCCCc3ccc4ccccc4c3)[CH2]CCCCCCCCc3ccc4ccccc4c3)ccc2c1. The Morgan fingerprint density at radius 3 is 0.759 bits per heavy atom. The number of aryl methyl sites for hydroxylation is 3. The molecule has 0 saturated heterocycles. The van der Waals surface area contributed by atoms with Gasteiger partial charge in [0.05, 0.1) is 0 Å². The molecule has 0 saturated carbocycles. The van der Waals surface area contributed by atoms with Gasteiger partial charge < -0.3 is 0 Å². The summed E-state index contributed by atoms with van der Waals surface area (Å²) in [4.78, 5) is 0. The van der Waals surface area contributed by atoms with Crippen LogP contribution in [0.4, 0.5) is 0 Å². The smallest absolute Gasteiger partial charge is 0.0939 e. The van der Waals surface area contributed by atoms with Crippen molar-refractivity contribution in [3.05, 3.63) is 144 Å². The monoisotopic (exact) mass is 787 g/mol. The molecule has 306 valence electrons. The minimum atomic E-state index is -0.603. The summed E-state index contributed by atoms with van der Waals surface area (Å²) in [5.41, 5.74) is 4.53. The number of benzene rings is 6. The van der Waals surface area contributed by atoms with E-state index in [0.717, 1.165) is 0 Å². The van der Waals surface area contributed by atoms with E-state index < -0.39 is 14.1 Å². The molecule has 0 heterocycles. The molecule has 6 aromatic rings. The number of hydrogen-bond acceptors (Lipinski definition) is 0. The maximum absolute atomic E-state index is 2.40. The molecule has 0 spiro atoms. The van der Waals surface area contributed by atoms with Gasteiger partial charge in [0.25, 0.3) is 14.1 Å². The third kappa shape index (κ3) is 16.4. The van der Waals surface area contributed by atoms with Crippen molar-refractivity contribution >= 4 is 46.5 Å². The molecular formula is C57H75Al. The van der Waals surface area contributed by atoms with E-state index in [1.807, 2.05) is 0 Å². The fraction of sp³-hybridized carbons (Fsp3) is 0.474. The molecule has 0 nitrogen and oxygen atoms in total. The molecule has 0 aliphatic carbocycles. The molecule has 1 heteroatoms. The van der Waals surface area contributed by atoms with Gasteiger partial charge in [-0.05, 0) is 87.5 Å². The zero-order valence-electron chi connectivity index (χ0n) is 36.3. The van der Waals surface area contributed by atoms with Gasteiger partial charge in [0, 0.05) is 0 Å². The molecule has 0 atom stereocenters. The van der Waals surface area contributed by atoms with Gasteiger partial charge in [-0.25, -0.2) is 0 Å². The molecule has 0 unspecified atom stereocenters. The minimum Gasteiger partial charge on any atom is -0.0939 e. The van der Waals surface area contributed by atoms with Gasteiger partial charge in [-0.2, -0.15) is 0 Å². The molecule has 58 heavy (non-hydrogen) atoms. The van der Waals surface area contributed by atoms with Crippen LogP contribution in [-0.4, -0.2) is 14.1 Å². The summed E-state index contributed by atoms with van der Waals surface area (Å²) in [6, 6.07) is 47.4. The van der Waals surface area contributed by atoms with Gasteiger partial charge in [-0.3, -0.25) is 0 Å². The zero-order chi connectivity index (χ0) is 39.7. The Balaban J connectivity index is 0.798. The first-order chi connectivity index (χ1) is 28.8. The molecule has 0 fully saturated rings. The van der Waals surface area contributed by atoms with Crippen LogP contribution in [0.15, 0.2) is 127 Å². The van der Waals surface area contributed by atoms with E-state index in [-0.39, 0.29) is 0 Å². The van der Waals surface area contributed by atoms with E-state index in [9.17, 15) is 0 Å². The number of rotatable bonds is 30. The van der Waals surface area contributed by atoms with E-state index in [0.29, 0.717) is 0 Å². The molecule has 0 amide bonds. The second kappa shape index (κ2) is 26.7. The highest BCUT2D eigenvalue weighted by molar-refractivity contribution is 6.58. The topological polar surface area (TPSA) is 0 Å². The van der Waals surface area contributed by atoms with Crippen LogP contribution in [0.2, 0.25) is 15.8 Å². The Morgan fingerprint density at radius 2 is 0.466 bits per heavy atom. The minimum absolute atomic E-state index is 0.603. The molecule has 0 N–H and O–H groups in total. The van der Waals surface area contributed by atoms with Crippen LogP contribution in [0.5, 0.6) is 0 Å². The van der Waals surface area contributed by atoms with E-state index in [1.54, 1.807) is 15.8 Å². The normalized spacial score (nSPS) is 11.6. The van der Waals surface area contributed by atoms with Gasteiger partial charge in [0.15, 0.2) is 0 Å². The van der Waals surface area contributed by atoms with Gasteiger partial charge in [0.2, 0.25) is 0 Å².